The Morgan fingerprint density at radius 2 is 2.22 bits per heavy atom. The van der Waals surface area contributed by atoms with Crippen LogP contribution in [0.15, 0.2) is 35.1 Å². The normalized spacial score (nSPS) is 22.4. The number of nitrogens with zero attached hydrogens (tertiary/aromatic N) is 3. The highest BCUT2D eigenvalue weighted by atomic mass is 35.5. The molecule has 6 nitrogen and oxygen atoms in total. The first-order chi connectivity index (χ1) is 13.0. The zero-order valence-electron chi connectivity index (χ0n) is 15.3. The van der Waals surface area contributed by atoms with Crippen LogP contribution in [0.5, 0.6) is 0 Å². The molecular weight excluding hydrogens is 366 g/mol. The summed E-state index contributed by atoms with van der Waals surface area (Å²) in [5.41, 5.74) is 2.50. The van der Waals surface area contributed by atoms with Gasteiger partial charge in [-0.2, -0.15) is 0 Å². The first-order valence-electron chi connectivity index (χ1n) is 9.26. The number of halogens is 1. The number of benzene rings is 1. The molecule has 0 aromatic heterocycles. The molecule has 0 saturated carbocycles. The number of allylic oxidation sites excluding steroid dienone is 1. The third-order valence-electron chi connectivity index (χ3n) is 5.13. The minimum Gasteiger partial charge on any atom is -0.375 e. The molecule has 3 aliphatic rings. The molecule has 0 N–H and O–H groups in total. The molecule has 1 fully saturated rings. The molecule has 3 heterocycles. The molecule has 1 aromatic carbocycles. The Hall–Kier alpha value is -2.18. The van der Waals surface area contributed by atoms with Crippen molar-refractivity contribution in [1.82, 2.24) is 4.90 Å². The number of anilines is 1. The lowest BCUT2D eigenvalue weighted by molar-refractivity contribution is -0.117. The summed E-state index contributed by atoms with van der Waals surface area (Å²) in [6.45, 7) is 4.63. The molecular formula is C20H22ClN3O3. The van der Waals surface area contributed by atoms with Crippen molar-refractivity contribution in [2.45, 2.75) is 32.3 Å². The number of ketones is 1. The molecule has 3 aliphatic heterocycles. The Bertz CT molecular complexity index is 849. The second-order valence-electron chi connectivity index (χ2n) is 7.16. The van der Waals surface area contributed by atoms with Gasteiger partial charge in [0.05, 0.1) is 19.1 Å². The predicted octanol–water partition coefficient (Wildman–Crippen LogP) is 2.60. The number of hydrogen-bond donors (Lipinski definition) is 0. The van der Waals surface area contributed by atoms with Gasteiger partial charge in [0, 0.05) is 48.6 Å². The summed E-state index contributed by atoms with van der Waals surface area (Å²) in [5.74, 6) is 0.597. The molecule has 1 saturated heterocycles. The second kappa shape index (κ2) is 7.44. The van der Waals surface area contributed by atoms with Gasteiger partial charge in [0.2, 0.25) is 5.91 Å². The van der Waals surface area contributed by atoms with Gasteiger partial charge in [0.25, 0.3) is 0 Å². The molecule has 0 aliphatic carbocycles. The van der Waals surface area contributed by atoms with E-state index in [2.05, 4.69) is 9.89 Å². The number of amides is 1. The van der Waals surface area contributed by atoms with Crippen LogP contribution in [0.4, 0.5) is 5.69 Å². The maximum absolute atomic E-state index is 12.9. The lowest BCUT2D eigenvalue weighted by atomic mass is 10.1. The lowest BCUT2D eigenvalue weighted by Crippen LogP contribution is -2.41. The minimum atomic E-state index is -0.0424. The molecule has 4 rings (SSSR count). The summed E-state index contributed by atoms with van der Waals surface area (Å²) in [6, 6.07) is 5.62. The Morgan fingerprint density at radius 1 is 1.37 bits per heavy atom. The molecule has 0 radical (unpaired) electrons. The number of rotatable bonds is 3. The van der Waals surface area contributed by atoms with Crippen LogP contribution in [-0.4, -0.2) is 54.6 Å². The maximum Gasteiger partial charge on any atom is 0.232 e. The number of carbonyl (C=O) groups excluding carboxylic acids is 2. The molecule has 142 valence electrons. The van der Waals surface area contributed by atoms with E-state index in [1.165, 1.54) is 0 Å². The van der Waals surface area contributed by atoms with Gasteiger partial charge in [-0.05, 0) is 31.0 Å². The third-order valence-corrected chi connectivity index (χ3v) is 5.49. The van der Waals surface area contributed by atoms with Gasteiger partial charge in [0.1, 0.15) is 5.82 Å². The van der Waals surface area contributed by atoms with Crippen LogP contribution in [0.1, 0.15) is 25.3 Å². The zero-order valence-corrected chi connectivity index (χ0v) is 16.0. The fourth-order valence-corrected chi connectivity index (χ4v) is 4.11. The van der Waals surface area contributed by atoms with E-state index < -0.39 is 0 Å². The number of ether oxygens (including phenoxy) is 1. The standard InChI is InChI=1S/C20H22ClN3O3/c1-13-12-23(7-8-27-13)19-11-15(25)9-14(22-19)10-20(26)24-6-5-16-17(21)3-2-4-18(16)24/h2-4,11,13H,5-10,12H2,1H3. The summed E-state index contributed by atoms with van der Waals surface area (Å²) in [5, 5.41) is 0.694. The molecule has 1 aromatic rings. The van der Waals surface area contributed by atoms with Gasteiger partial charge >= 0.3 is 0 Å². The summed E-state index contributed by atoms with van der Waals surface area (Å²) in [7, 11) is 0. The predicted molar refractivity (Wildman–Crippen MR) is 104 cm³/mol. The maximum atomic E-state index is 12.9. The first-order valence-corrected chi connectivity index (χ1v) is 9.64. The van der Waals surface area contributed by atoms with Gasteiger partial charge in [-0.3, -0.25) is 9.59 Å². The first kappa shape index (κ1) is 18.2. The monoisotopic (exact) mass is 387 g/mol. The molecule has 1 atom stereocenters. The highest BCUT2D eigenvalue weighted by molar-refractivity contribution is 6.32. The van der Waals surface area contributed by atoms with Crippen LogP contribution in [0, 0.1) is 0 Å². The number of aliphatic imine (C=N–C) groups is 1. The number of hydrogen-bond acceptors (Lipinski definition) is 5. The van der Waals surface area contributed by atoms with Crippen LogP contribution >= 0.6 is 11.6 Å². The highest BCUT2D eigenvalue weighted by Crippen LogP contribution is 2.33. The number of morpholine rings is 1. The summed E-state index contributed by atoms with van der Waals surface area (Å²) in [4.78, 5) is 33.5. The summed E-state index contributed by atoms with van der Waals surface area (Å²) < 4.78 is 5.55. The molecule has 0 spiro atoms. The largest absolute Gasteiger partial charge is 0.375 e. The quantitative estimate of drug-likeness (QED) is 0.799. The van der Waals surface area contributed by atoms with Crippen LogP contribution in [-0.2, 0) is 20.7 Å². The van der Waals surface area contributed by atoms with E-state index in [0.717, 1.165) is 17.7 Å². The number of fused-ring (bicyclic) bond motifs is 1. The fraction of sp³-hybridized carbons (Fsp3) is 0.450. The van der Waals surface area contributed by atoms with Crippen LogP contribution in [0.25, 0.3) is 0 Å². The summed E-state index contributed by atoms with van der Waals surface area (Å²) in [6.07, 6.45) is 2.78. The molecule has 1 unspecified atom stereocenters. The number of carbonyl (C=O) groups is 2. The third kappa shape index (κ3) is 3.77. The van der Waals surface area contributed by atoms with Crippen LogP contribution in [0.2, 0.25) is 5.02 Å². The van der Waals surface area contributed by atoms with Crippen molar-refractivity contribution in [3.8, 4) is 0 Å². The van der Waals surface area contributed by atoms with Gasteiger partial charge < -0.3 is 14.5 Å². The average Bonchev–Trinajstić information content (AvgIpc) is 3.07. The minimum absolute atomic E-state index is 0.00758. The van der Waals surface area contributed by atoms with E-state index in [1.807, 2.05) is 25.1 Å². The van der Waals surface area contributed by atoms with Gasteiger partial charge in [-0.1, -0.05) is 17.7 Å². The van der Waals surface area contributed by atoms with E-state index in [0.29, 0.717) is 42.8 Å². The van der Waals surface area contributed by atoms with E-state index in [9.17, 15) is 9.59 Å². The van der Waals surface area contributed by atoms with Crippen LogP contribution in [0.3, 0.4) is 0 Å². The Morgan fingerprint density at radius 3 is 3.04 bits per heavy atom. The average molecular weight is 388 g/mol. The van der Waals surface area contributed by atoms with Crippen molar-refractivity contribution < 1.29 is 14.3 Å². The van der Waals surface area contributed by atoms with Crippen molar-refractivity contribution in [1.29, 1.82) is 0 Å². The SMILES string of the molecule is CC1CN(C2=CC(=O)CC(CC(=O)N3CCc4c(Cl)cccc43)=N2)CCO1. The van der Waals surface area contributed by atoms with Crippen molar-refractivity contribution in [2.75, 3.05) is 31.1 Å². The fourth-order valence-electron chi connectivity index (χ4n) is 3.84. The molecule has 0 bridgehead atoms. The molecule has 1 amide bonds. The van der Waals surface area contributed by atoms with Gasteiger partial charge in [0.15, 0.2) is 5.78 Å². The van der Waals surface area contributed by atoms with Gasteiger partial charge in [-0.15, -0.1) is 0 Å². The molecule has 27 heavy (non-hydrogen) atoms. The van der Waals surface area contributed by atoms with Crippen molar-refractivity contribution in [3.05, 3.63) is 40.7 Å². The van der Waals surface area contributed by atoms with Crippen molar-refractivity contribution >= 4 is 34.7 Å². The van der Waals surface area contributed by atoms with Crippen molar-refractivity contribution in [3.63, 3.8) is 0 Å². The van der Waals surface area contributed by atoms with E-state index in [-0.39, 0.29) is 30.6 Å². The van der Waals surface area contributed by atoms with Gasteiger partial charge in [-0.25, -0.2) is 4.99 Å². The zero-order chi connectivity index (χ0) is 19.0. The Labute approximate surface area is 163 Å². The summed E-state index contributed by atoms with van der Waals surface area (Å²) >= 11 is 6.24. The second-order valence-corrected chi connectivity index (χ2v) is 7.57. The van der Waals surface area contributed by atoms with Crippen LogP contribution < -0.4 is 4.90 Å². The van der Waals surface area contributed by atoms with E-state index >= 15 is 0 Å². The molecule has 7 heteroatoms. The Kier molecular flexibility index (Phi) is 5.02. The van der Waals surface area contributed by atoms with Crippen molar-refractivity contribution in [2.24, 2.45) is 4.99 Å². The Balaban J connectivity index is 1.49. The van der Waals surface area contributed by atoms with E-state index in [4.69, 9.17) is 16.3 Å². The van der Waals surface area contributed by atoms with E-state index in [1.54, 1.807) is 11.0 Å². The smallest absolute Gasteiger partial charge is 0.232 e. The topological polar surface area (TPSA) is 62.2 Å². The lowest BCUT2D eigenvalue weighted by Gasteiger charge is -2.33. The highest BCUT2D eigenvalue weighted by Gasteiger charge is 2.29.